The zero-order valence-electron chi connectivity index (χ0n) is 11.2. The average Bonchev–Trinajstić information content (AvgIpc) is 2.41. The molecule has 0 spiro atoms. The molecule has 2 amide bonds. The van der Waals surface area contributed by atoms with Gasteiger partial charge in [-0.2, -0.15) is 0 Å². The molecule has 1 aliphatic rings. The van der Waals surface area contributed by atoms with Crippen molar-refractivity contribution >= 4 is 23.5 Å². The lowest BCUT2D eigenvalue weighted by Gasteiger charge is -2.33. The summed E-state index contributed by atoms with van der Waals surface area (Å²) in [6.07, 6.45) is 2.15. The number of amides is 2. The number of hydrogen-bond donors (Lipinski definition) is 2. The summed E-state index contributed by atoms with van der Waals surface area (Å²) in [6, 6.07) is -0.428. The van der Waals surface area contributed by atoms with Gasteiger partial charge in [0.15, 0.2) is 0 Å². The Labute approximate surface area is 111 Å². The van der Waals surface area contributed by atoms with E-state index in [9.17, 15) is 9.59 Å². The maximum absolute atomic E-state index is 11.7. The third kappa shape index (κ3) is 2.35. The molecule has 0 radical (unpaired) electrons. The van der Waals surface area contributed by atoms with E-state index in [0.717, 1.165) is 11.4 Å². The van der Waals surface area contributed by atoms with Crippen molar-refractivity contribution in [1.29, 1.82) is 0 Å². The van der Waals surface area contributed by atoms with Crippen LogP contribution in [0.4, 0.5) is 11.6 Å². The van der Waals surface area contributed by atoms with E-state index in [1.807, 2.05) is 6.92 Å². The summed E-state index contributed by atoms with van der Waals surface area (Å²) in [7, 11) is 1.78. The minimum atomic E-state index is -0.428. The van der Waals surface area contributed by atoms with E-state index in [4.69, 9.17) is 0 Å². The van der Waals surface area contributed by atoms with E-state index in [2.05, 4.69) is 20.6 Å². The zero-order chi connectivity index (χ0) is 14.0. The molecule has 1 aromatic rings. The number of carbonyl (C=O) groups excluding carboxylic acids is 2. The van der Waals surface area contributed by atoms with Crippen LogP contribution in [0.1, 0.15) is 19.4 Å². The predicted octanol–water partition coefficient (Wildman–Crippen LogP) is -0.0680. The van der Waals surface area contributed by atoms with Gasteiger partial charge in [-0.3, -0.25) is 14.9 Å². The van der Waals surface area contributed by atoms with Gasteiger partial charge in [0.2, 0.25) is 11.8 Å². The fourth-order valence-corrected chi connectivity index (χ4v) is 2.16. The average molecular weight is 263 g/mol. The summed E-state index contributed by atoms with van der Waals surface area (Å²) < 4.78 is 0. The van der Waals surface area contributed by atoms with Crippen LogP contribution in [0.5, 0.6) is 0 Å². The van der Waals surface area contributed by atoms with Gasteiger partial charge in [0, 0.05) is 12.6 Å². The van der Waals surface area contributed by atoms with Crippen LogP contribution >= 0.6 is 0 Å². The third-order valence-electron chi connectivity index (χ3n) is 3.21. The van der Waals surface area contributed by atoms with E-state index < -0.39 is 6.04 Å². The number of nitrogens with zero attached hydrogens (tertiary/aromatic N) is 3. The molecule has 2 rings (SSSR count). The Bertz CT molecular complexity index is 517. The van der Waals surface area contributed by atoms with Crippen LogP contribution in [0.2, 0.25) is 0 Å². The molecule has 0 aromatic carbocycles. The maximum atomic E-state index is 11.7. The predicted molar refractivity (Wildman–Crippen MR) is 70.9 cm³/mol. The molecular weight excluding hydrogens is 246 g/mol. The summed E-state index contributed by atoms with van der Waals surface area (Å²) in [5.74, 6) is 0.744. The van der Waals surface area contributed by atoms with Gasteiger partial charge in [0.1, 0.15) is 24.0 Å². The van der Waals surface area contributed by atoms with Crippen molar-refractivity contribution in [3.05, 3.63) is 11.9 Å². The van der Waals surface area contributed by atoms with Crippen molar-refractivity contribution in [3.63, 3.8) is 0 Å². The molecule has 0 bridgehead atoms. The Hall–Kier alpha value is -2.18. The lowest BCUT2D eigenvalue weighted by molar-refractivity contribution is -0.132. The van der Waals surface area contributed by atoms with Crippen molar-refractivity contribution in [3.8, 4) is 0 Å². The second-order valence-electron chi connectivity index (χ2n) is 4.34. The van der Waals surface area contributed by atoms with Crippen molar-refractivity contribution < 1.29 is 9.59 Å². The standard InChI is InChI=1S/C12H17N5O2/c1-4-8-10(13-3)14-6-15-11(8)17-5-9(18)16-12(19)7(17)2/h6-7H,4-5H2,1-3H3,(H,13,14,15)(H,16,18,19). The van der Waals surface area contributed by atoms with Crippen molar-refractivity contribution in [2.45, 2.75) is 26.3 Å². The fourth-order valence-electron chi connectivity index (χ4n) is 2.16. The SMILES string of the molecule is CCc1c(NC)ncnc1N1CC(=O)NC(=O)C1C. The Balaban J connectivity index is 2.45. The number of rotatable bonds is 3. The summed E-state index contributed by atoms with van der Waals surface area (Å²) in [5, 5.41) is 5.32. The van der Waals surface area contributed by atoms with E-state index >= 15 is 0 Å². The van der Waals surface area contributed by atoms with E-state index in [-0.39, 0.29) is 18.4 Å². The number of imide groups is 1. The highest BCUT2D eigenvalue weighted by atomic mass is 16.2. The van der Waals surface area contributed by atoms with Crippen molar-refractivity contribution in [1.82, 2.24) is 15.3 Å². The van der Waals surface area contributed by atoms with Crippen molar-refractivity contribution in [2.24, 2.45) is 0 Å². The smallest absolute Gasteiger partial charge is 0.249 e. The van der Waals surface area contributed by atoms with Crippen LogP contribution in [-0.2, 0) is 16.0 Å². The lowest BCUT2D eigenvalue weighted by atomic mass is 10.1. The number of piperazine rings is 1. The van der Waals surface area contributed by atoms with Gasteiger partial charge in [-0.1, -0.05) is 6.92 Å². The van der Waals surface area contributed by atoms with Crippen LogP contribution in [0.25, 0.3) is 0 Å². The molecule has 102 valence electrons. The second-order valence-corrected chi connectivity index (χ2v) is 4.34. The van der Waals surface area contributed by atoms with Crippen LogP contribution < -0.4 is 15.5 Å². The van der Waals surface area contributed by atoms with Gasteiger partial charge in [-0.05, 0) is 13.3 Å². The van der Waals surface area contributed by atoms with Crippen LogP contribution in [0.15, 0.2) is 6.33 Å². The number of anilines is 2. The quantitative estimate of drug-likeness (QED) is 0.742. The Morgan fingerprint density at radius 1 is 1.47 bits per heavy atom. The molecule has 19 heavy (non-hydrogen) atoms. The summed E-state index contributed by atoms with van der Waals surface area (Å²) in [5.41, 5.74) is 0.902. The molecule has 1 aliphatic heterocycles. The second kappa shape index (κ2) is 5.21. The normalized spacial score (nSPS) is 19.3. The molecule has 1 atom stereocenters. The lowest BCUT2D eigenvalue weighted by Crippen LogP contribution is -2.57. The van der Waals surface area contributed by atoms with E-state index in [1.165, 1.54) is 6.33 Å². The Kier molecular flexibility index (Phi) is 3.64. The van der Waals surface area contributed by atoms with Crippen molar-refractivity contribution in [2.75, 3.05) is 23.8 Å². The topological polar surface area (TPSA) is 87.2 Å². The van der Waals surface area contributed by atoms with Crippen LogP contribution in [-0.4, -0.2) is 41.4 Å². The van der Waals surface area contributed by atoms with Gasteiger partial charge in [0.05, 0.1) is 6.54 Å². The Morgan fingerprint density at radius 2 is 2.21 bits per heavy atom. The molecule has 0 saturated carbocycles. The van der Waals surface area contributed by atoms with E-state index in [0.29, 0.717) is 12.2 Å². The monoisotopic (exact) mass is 263 g/mol. The highest BCUT2D eigenvalue weighted by Gasteiger charge is 2.32. The first kappa shape index (κ1) is 13.3. The van der Waals surface area contributed by atoms with E-state index in [1.54, 1.807) is 18.9 Å². The first-order valence-electron chi connectivity index (χ1n) is 6.20. The first-order valence-corrected chi connectivity index (χ1v) is 6.20. The first-order chi connectivity index (χ1) is 9.08. The maximum Gasteiger partial charge on any atom is 0.249 e. The summed E-state index contributed by atoms with van der Waals surface area (Å²) in [6.45, 7) is 3.86. The zero-order valence-corrected chi connectivity index (χ0v) is 11.2. The molecule has 0 aliphatic carbocycles. The van der Waals surface area contributed by atoms with Gasteiger partial charge in [0.25, 0.3) is 0 Å². The van der Waals surface area contributed by atoms with Gasteiger partial charge < -0.3 is 10.2 Å². The molecule has 2 N–H and O–H groups in total. The van der Waals surface area contributed by atoms with Crippen LogP contribution in [0, 0.1) is 0 Å². The summed E-state index contributed by atoms with van der Waals surface area (Å²) >= 11 is 0. The van der Waals surface area contributed by atoms with Gasteiger partial charge >= 0.3 is 0 Å². The summed E-state index contributed by atoms with van der Waals surface area (Å²) in [4.78, 5) is 33.3. The molecule has 1 unspecified atom stereocenters. The molecule has 1 saturated heterocycles. The minimum Gasteiger partial charge on any atom is -0.373 e. The number of carbonyl (C=O) groups is 2. The van der Waals surface area contributed by atoms with Gasteiger partial charge in [-0.25, -0.2) is 9.97 Å². The number of nitrogens with one attached hydrogen (secondary N) is 2. The number of aromatic nitrogens is 2. The fraction of sp³-hybridized carbons (Fsp3) is 0.500. The molecule has 1 aromatic heterocycles. The highest BCUT2D eigenvalue weighted by molar-refractivity contribution is 6.04. The molecule has 1 fully saturated rings. The number of hydrogen-bond acceptors (Lipinski definition) is 6. The molecule has 7 nitrogen and oxygen atoms in total. The van der Waals surface area contributed by atoms with Crippen LogP contribution in [0.3, 0.4) is 0 Å². The largest absolute Gasteiger partial charge is 0.373 e. The minimum absolute atomic E-state index is 0.125. The van der Waals surface area contributed by atoms with Gasteiger partial charge in [-0.15, -0.1) is 0 Å². The molecule has 7 heteroatoms. The molecule has 2 heterocycles. The molecular formula is C12H17N5O2. The Morgan fingerprint density at radius 3 is 2.84 bits per heavy atom. The third-order valence-corrected chi connectivity index (χ3v) is 3.21. The highest BCUT2D eigenvalue weighted by Crippen LogP contribution is 2.26.